The molecule has 2 aromatic carbocycles. The van der Waals surface area contributed by atoms with Gasteiger partial charge in [-0.1, -0.05) is 23.7 Å². The monoisotopic (exact) mass is 397 g/mol. The summed E-state index contributed by atoms with van der Waals surface area (Å²) in [6.07, 6.45) is 1.55. The van der Waals surface area contributed by atoms with Crippen molar-refractivity contribution in [3.8, 4) is 0 Å². The fourth-order valence-corrected chi connectivity index (χ4v) is 2.78. The number of rotatable bonds is 7. The van der Waals surface area contributed by atoms with Crippen LogP contribution in [0, 0.1) is 6.92 Å². The first-order chi connectivity index (χ1) is 13.5. The van der Waals surface area contributed by atoms with Gasteiger partial charge in [-0.15, -0.1) is 0 Å². The topological polar surface area (TPSA) is 83.4 Å². The second kappa shape index (κ2) is 9.10. The van der Waals surface area contributed by atoms with E-state index in [1.54, 1.807) is 48.7 Å². The van der Waals surface area contributed by atoms with Crippen LogP contribution in [0.4, 0.5) is 11.4 Å². The molecule has 0 aliphatic carbocycles. The molecule has 0 atom stereocenters. The van der Waals surface area contributed by atoms with Gasteiger partial charge in [-0.25, -0.2) is 0 Å². The molecule has 0 fully saturated rings. The molecule has 2 amide bonds. The van der Waals surface area contributed by atoms with Gasteiger partial charge >= 0.3 is 0 Å². The maximum Gasteiger partial charge on any atom is 0.251 e. The Labute approximate surface area is 167 Å². The van der Waals surface area contributed by atoms with Crippen LogP contribution in [0.1, 0.15) is 21.7 Å². The molecule has 0 bridgehead atoms. The number of nitrogens with one attached hydrogen (secondary N) is 3. The predicted octanol–water partition coefficient (Wildman–Crippen LogP) is 4.22. The number of hydrogen-bond donors (Lipinski definition) is 3. The van der Waals surface area contributed by atoms with E-state index in [9.17, 15) is 9.59 Å². The average molecular weight is 398 g/mol. The van der Waals surface area contributed by atoms with E-state index in [1.165, 1.54) is 0 Å². The normalized spacial score (nSPS) is 10.4. The minimum Gasteiger partial charge on any atom is -0.467 e. The van der Waals surface area contributed by atoms with Crippen LogP contribution in [0.25, 0.3) is 0 Å². The number of carbonyl (C=O) groups is 2. The van der Waals surface area contributed by atoms with Crippen molar-refractivity contribution in [1.29, 1.82) is 0 Å². The lowest BCUT2D eigenvalue weighted by Gasteiger charge is -2.11. The molecular weight excluding hydrogens is 378 g/mol. The first-order valence-electron chi connectivity index (χ1n) is 8.72. The van der Waals surface area contributed by atoms with Crippen LogP contribution < -0.4 is 16.0 Å². The largest absolute Gasteiger partial charge is 0.467 e. The summed E-state index contributed by atoms with van der Waals surface area (Å²) in [5, 5.41) is 9.25. The molecule has 0 aliphatic heterocycles. The molecule has 3 aromatic rings. The zero-order chi connectivity index (χ0) is 19.9. The molecule has 144 valence electrons. The summed E-state index contributed by atoms with van der Waals surface area (Å²) in [7, 11) is 0. The molecule has 7 heteroatoms. The summed E-state index contributed by atoms with van der Waals surface area (Å²) >= 11 is 6.08. The molecule has 0 aliphatic rings. The van der Waals surface area contributed by atoms with E-state index in [1.807, 2.05) is 19.1 Å². The van der Waals surface area contributed by atoms with Crippen LogP contribution >= 0.6 is 11.6 Å². The van der Waals surface area contributed by atoms with E-state index in [0.29, 0.717) is 28.6 Å². The first kappa shape index (κ1) is 19.5. The highest BCUT2D eigenvalue weighted by molar-refractivity contribution is 6.31. The second-order valence-corrected chi connectivity index (χ2v) is 6.56. The number of benzene rings is 2. The van der Waals surface area contributed by atoms with Gasteiger partial charge in [0.15, 0.2) is 0 Å². The van der Waals surface area contributed by atoms with Crippen LogP contribution in [0.15, 0.2) is 65.3 Å². The minimum atomic E-state index is -0.250. The zero-order valence-electron chi connectivity index (χ0n) is 15.3. The van der Waals surface area contributed by atoms with Gasteiger partial charge in [-0.2, -0.15) is 0 Å². The van der Waals surface area contributed by atoms with Crippen LogP contribution in [0.5, 0.6) is 0 Å². The second-order valence-electron chi connectivity index (χ2n) is 6.16. The molecular formula is C21H20ClN3O3. The van der Waals surface area contributed by atoms with E-state index >= 15 is 0 Å². The van der Waals surface area contributed by atoms with Gasteiger partial charge in [0, 0.05) is 22.0 Å². The van der Waals surface area contributed by atoms with Crippen molar-refractivity contribution in [2.24, 2.45) is 0 Å². The number of amides is 2. The van der Waals surface area contributed by atoms with Crippen LogP contribution in [-0.2, 0) is 11.3 Å². The van der Waals surface area contributed by atoms with Crippen molar-refractivity contribution in [3.05, 3.63) is 82.8 Å². The Morgan fingerprint density at radius 3 is 2.68 bits per heavy atom. The van der Waals surface area contributed by atoms with Gasteiger partial charge in [-0.05, 0) is 55.0 Å². The van der Waals surface area contributed by atoms with E-state index in [4.69, 9.17) is 16.0 Å². The summed E-state index contributed by atoms with van der Waals surface area (Å²) in [6, 6.07) is 15.8. The van der Waals surface area contributed by atoms with Gasteiger partial charge < -0.3 is 20.4 Å². The van der Waals surface area contributed by atoms with Crippen molar-refractivity contribution in [2.75, 3.05) is 17.2 Å². The summed E-state index contributed by atoms with van der Waals surface area (Å²) in [4.78, 5) is 24.5. The molecule has 1 aromatic heterocycles. The number of furan rings is 1. The highest BCUT2D eigenvalue weighted by Gasteiger charge is 2.09. The Hall–Kier alpha value is -3.25. The lowest BCUT2D eigenvalue weighted by atomic mass is 10.2. The van der Waals surface area contributed by atoms with E-state index in [2.05, 4.69) is 16.0 Å². The van der Waals surface area contributed by atoms with Crippen LogP contribution in [-0.4, -0.2) is 18.4 Å². The highest BCUT2D eigenvalue weighted by Crippen LogP contribution is 2.22. The lowest BCUT2D eigenvalue weighted by molar-refractivity contribution is -0.114. The molecule has 6 nitrogen and oxygen atoms in total. The lowest BCUT2D eigenvalue weighted by Crippen LogP contribution is -2.24. The van der Waals surface area contributed by atoms with Crippen LogP contribution in [0.2, 0.25) is 5.02 Å². The number of anilines is 2. The third-order valence-corrected chi connectivity index (χ3v) is 4.53. The fraction of sp³-hybridized carbons (Fsp3) is 0.143. The Morgan fingerprint density at radius 2 is 1.89 bits per heavy atom. The molecule has 3 rings (SSSR count). The molecule has 28 heavy (non-hydrogen) atoms. The van der Waals surface area contributed by atoms with E-state index < -0.39 is 0 Å². The number of halogens is 1. The molecule has 0 unspecified atom stereocenters. The maximum atomic E-state index is 12.3. The van der Waals surface area contributed by atoms with E-state index in [0.717, 1.165) is 11.3 Å². The van der Waals surface area contributed by atoms with Gasteiger partial charge in [0.25, 0.3) is 5.91 Å². The highest BCUT2D eigenvalue weighted by atomic mass is 35.5. The van der Waals surface area contributed by atoms with Crippen LogP contribution in [0.3, 0.4) is 0 Å². The van der Waals surface area contributed by atoms with Gasteiger partial charge in [-0.3, -0.25) is 9.59 Å². The Balaban J connectivity index is 1.55. The Morgan fingerprint density at radius 1 is 1.07 bits per heavy atom. The summed E-state index contributed by atoms with van der Waals surface area (Å²) in [6.45, 7) is 2.26. The quantitative estimate of drug-likeness (QED) is 0.557. The predicted molar refractivity (Wildman–Crippen MR) is 110 cm³/mol. The molecule has 0 radical (unpaired) electrons. The number of hydrogen-bond acceptors (Lipinski definition) is 4. The Kier molecular flexibility index (Phi) is 6.34. The maximum absolute atomic E-state index is 12.3. The SMILES string of the molecule is Cc1c(Cl)cccc1NCC(=O)Nc1cccc(C(=O)NCc2ccco2)c1. The van der Waals surface area contributed by atoms with Crippen molar-refractivity contribution in [2.45, 2.75) is 13.5 Å². The number of carbonyl (C=O) groups excluding carboxylic acids is 2. The first-order valence-corrected chi connectivity index (χ1v) is 9.10. The summed E-state index contributed by atoms with van der Waals surface area (Å²) < 4.78 is 5.19. The third kappa shape index (κ3) is 5.14. The minimum absolute atomic E-state index is 0.0795. The fourth-order valence-electron chi connectivity index (χ4n) is 2.60. The van der Waals surface area contributed by atoms with Crippen molar-refractivity contribution < 1.29 is 14.0 Å². The van der Waals surface area contributed by atoms with Gasteiger partial charge in [0.05, 0.1) is 19.4 Å². The van der Waals surface area contributed by atoms with Crippen molar-refractivity contribution in [3.63, 3.8) is 0 Å². The molecule has 0 spiro atoms. The molecule has 0 saturated carbocycles. The van der Waals surface area contributed by atoms with Crippen molar-refractivity contribution >= 4 is 34.8 Å². The third-order valence-electron chi connectivity index (χ3n) is 4.12. The van der Waals surface area contributed by atoms with Gasteiger partial charge in [0.1, 0.15) is 5.76 Å². The average Bonchev–Trinajstić information content (AvgIpc) is 3.21. The smallest absolute Gasteiger partial charge is 0.251 e. The van der Waals surface area contributed by atoms with Gasteiger partial charge in [0.2, 0.25) is 5.91 Å². The summed E-state index contributed by atoms with van der Waals surface area (Å²) in [5.74, 6) is 0.188. The van der Waals surface area contributed by atoms with E-state index in [-0.39, 0.29) is 18.4 Å². The molecule has 3 N–H and O–H groups in total. The molecule has 0 saturated heterocycles. The zero-order valence-corrected chi connectivity index (χ0v) is 16.0. The van der Waals surface area contributed by atoms with Crippen molar-refractivity contribution in [1.82, 2.24) is 5.32 Å². The molecule has 1 heterocycles. The Bertz CT molecular complexity index is 971. The summed E-state index contributed by atoms with van der Waals surface area (Å²) in [5.41, 5.74) is 2.67. The standard InChI is InChI=1S/C21H20ClN3O3/c1-14-18(22)8-3-9-19(14)23-13-20(26)25-16-6-2-5-15(11-16)21(27)24-12-17-7-4-10-28-17/h2-11,23H,12-13H2,1H3,(H,24,27)(H,25,26).